The molecule has 9 rings (SSSR count). The number of nitrogens with one attached hydrogen (secondary N) is 3. The summed E-state index contributed by atoms with van der Waals surface area (Å²) in [5.41, 5.74) is 7.24. The van der Waals surface area contributed by atoms with Crippen LogP contribution in [-0.2, 0) is 51.3 Å². The second-order valence-corrected chi connectivity index (χ2v) is 23.8. The minimum absolute atomic E-state index is 0.0445. The Morgan fingerprint density at radius 3 is 2.07 bits per heavy atom. The van der Waals surface area contributed by atoms with Crippen molar-refractivity contribution in [2.24, 2.45) is 17.8 Å². The molecule has 2 fully saturated rings. The van der Waals surface area contributed by atoms with E-state index in [1.165, 1.54) is 28.9 Å². The third-order valence-electron chi connectivity index (χ3n) is 16.8. The van der Waals surface area contributed by atoms with Crippen LogP contribution < -0.4 is 20.9 Å². The van der Waals surface area contributed by atoms with Crippen LogP contribution in [0, 0.1) is 23.6 Å². The molecule has 7 atom stereocenters. The highest BCUT2D eigenvalue weighted by Gasteiger charge is 2.34. The lowest BCUT2D eigenvalue weighted by Crippen LogP contribution is -2.53. The van der Waals surface area contributed by atoms with Gasteiger partial charge in [0.2, 0.25) is 17.7 Å². The predicted octanol–water partition coefficient (Wildman–Crippen LogP) is 8.53. The molecule has 0 bridgehead atoms. The summed E-state index contributed by atoms with van der Waals surface area (Å²) in [4.78, 5) is 99.8. The maximum absolute atomic E-state index is 15.3. The molecule has 89 heavy (non-hydrogen) atoms. The molecule has 4 aliphatic rings. The number of aliphatic hydroxyl groups is 1. The second-order valence-electron chi connectivity index (χ2n) is 23.8. The average molecular weight is 1220 g/mol. The number of carbonyl (C=O) groups is 7. The summed E-state index contributed by atoms with van der Waals surface area (Å²) in [6.07, 6.45) is 4.79. The number of amides is 6. The number of nitrogens with zero attached hydrogens (tertiary/aromatic N) is 6. The van der Waals surface area contributed by atoms with Crippen LogP contribution in [0.4, 0.5) is 30.1 Å². The largest absolute Gasteiger partial charge is 0.457 e. The first-order valence-corrected chi connectivity index (χ1v) is 30.5. The molecule has 6 amide bonds. The number of alkyl carbamates (subject to hydrolysis) is 1. The monoisotopic (exact) mass is 1220 g/mol. The fourth-order valence-corrected chi connectivity index (χ4v) is 11.6. The molecule has 22 heteroatoms. The van der Waals surface area contributed by atoms with Gasteiger partial charge in [-0.15, -0.1) is 0 Å². The molecular formula is C67H80FN9O12. The molecule has 0 saturated carbocycles. The van der Waals surface area contributed by atoms with E-state index in [0.717, 1.165) is 22.3 Å². The van der Waals surface area contributed by atoms with Crippen LogP contribution >= 0.6 is 0 Å². The van der Waals surface area contributed by atoms with Crippen molar-refractivity contribution in [1.29, 1.82) is 0 Å². The molecule has 1 aliphatic carbocycles. The molecule has 0 spiro atoms. The number of rotatable bonds is 16. The summed E-state index contributed by atoms with van der Waals surface area (Å²) in [6.45, 7) is 13.5. The first-order chi connectivity index (χ1) is 42.8. The number of piperazine rings is 2. The Kier molecular flexibility index (Phi) is 21.5. The van der Waals surface area contributed by atoms with E-state index in [2.05, 4.69) is 21.0 Å². The van der Waals surface area contributed by atoms with Gasteiger partial charge in [-0.2, -0.15) is 5.10 Å². The summed E-state index contributed by atoms with van der Waals surface area (Å²) >= 11 is 0. The molecule has 4 N–H and O–H groups in total. The van der Waals surface area contributed by atoms with E-state index in [-0.39, 0.29) is 82.4 Å². The summed E-state index contributed by atoms with van der Waals surface area (Å²) in [7, 11) is 0. The lowest BCUT2D eigenvalue weighted by atomic mass is 9.91. The Hall–Kier alpha value is -9.05. The van der Waals surface area contributed by atoms with Crippen LogP contribution in [0.5, 0.6) is 0 Å². The van der Waals surface area contributed by atoms with E-state index in [4.69, 9.17) is 18.9 Å². The SMILES string of the molecule is C/C(=C\c1cc(F)cc(N2CCN(C(=O)Cn3cccn3)CC2)c1)[C@H]1OC(=O)C[C@H](O)CC[C@H](C)[C@@H](OC(=O)N2CCN(C(=O)OCc3ccc(NC(=O)C(C)NC(=O)C(NC(=O)OCC4c5ccccc5-c5ccccc54)C(C)C)cc3)CC2)/C=C/[C@@H]1C. The number of esters is 1. The molecule has 2 saturated heterocycles. The highest BCUT2D eigenvalue weighted by atomic mass is 19.1. The maximum Gasteiger partial charge on any atom is 0.410 e. The fraction of sp³-hybridized carbons (Fsp3) is 0.433. The van der Waals surface area contributed by atoms with E-state index in [1.54, 1.807) is 85.2 Å². The van der Waals surface area contributed by atoms with E-state index in [9.17, 15) is 38.7 Å². The van der Waals surface area contributed by atoms with E-state index < -0.39 is 78.2 Å². The Bertz CT molecular complexity index is 3330. The van der Waals surface area contributed by atoms with Gasteiger partial charge in [-0.1, -0.05) is 101 Å². The molecule has 4 heterocycles. The van der Waals surface area contributed by atoms with Crippen molar-refractivity contribution in [3.8, 4) is 11.1 Å². The van der Waals surface area contributed by atoms with E-state index >= 15 is 4.39 Å². The molecule has 472 valence electrons. The Balaban J connectivity index is 0.716. The number of aliphatic hydroxyl groups excluding tert-OH is 1. The lowest BCUT2D eigenvalue weighted by Gasteiger charge is -2.36. The fourth-order valence-electron chi connectivity index (χ4n) is 11.6. The van der Waals surface area contributed by atoms with Gasteiger partial charge in [-0.25, -0.2) is 18.8 Å². The van der Waals surface area contributed by atoms with Crippen molar-refractivity contribution in [2.45, 2.75) is 110 Å². The zero-order chi connectivity index (χ0) is 63.3. The van der Waals surface area contributed by atoms with E-state index in [1.807, 2.05) is 79.4 Å². The smallest absolute Gasteiger partial charge is 0.410 e. The third-order valence-corrected chi connectivity index (χ3v) is 16.8. The molecular weight excluding hydrogens is 1140 g/mol. The molecule has 3 aliphatic heterocycles. The second kappa shape index (κ2) is 29.8. The zero-order valence-corrected chi connectivity index (χ0v) is 51.2. The number of benzene rings is 4. The van der Waals surface area contributed by atoms with Crippen LogP contribution in [0.2, 0.25) is 0 Å². The topological polar surface area (TPSA) is 244 Å². The minimum Gasteiger partial charge on any atom is -0.457 e. The van der Waals surface area contributed by atoms with Crippen LogP contribution in [-0.4, -0.2) is 161 Å². The van der Waals surface area contributed by atoms with Gasteiger partial charge >= 0.3 is 24.2 Å². The Morgan fingerprint density at radius 2 is 1.42 bits per heavy atom. The first-order valence-electron chi connectivity index (χ1n) is 30.5. The number of ether oxygens (including phenoxy) is 4. The van der Waals surface area contributed by atoms with Crippen molar-refractivity contribution >= 4 is 59.4 Å². The first kappa shape index (κ1) is 64.4. The number of aromatic nitrogens is 2. The van der Waals surface area contributed by atoms with E-state index in [0.29, 0.717) is 60.7 Å². The number of fused-ring (bicyclic) bond motifs is 3. The van der Waals surface area contributed by atoms with Gasteiger partial charge in [0.1, 0.15) is 49.9 Å². The van der Waals surface area contributed by atoms with Crippen LogP contribution in [0.25, 0.3) is 17.2 Å². The zero-order valence-electron chi connectivity index (χ0n) is 51.2. The summed E-state index contributed by atoms with van der Waals surface area (Å²) in [6, 6.07) is 27.2. The molecule has 1 aromatic heterocycles. The van der Waals surface area contributed by atoms with Crippen molar-refractivity contribution in [3.63, 3.8) is 0 Å². The van der Waals surface area contributed by atoms with Gasteiger partial charge < -0.3 is 59.6 Å². The van der Waals surface area contributed by atoms with Gasteiger partial charge in [0.25, 0.3) is 0 Å². The van der Waals surface area contributed by atoms with Crippen molar-refractivity contribution in [1.82, 2.24) is 35.1 Å². The number of anilines is 2. The molecule has 2 unspecified atom stereocenters. The van der Waals surface area contributed by atoms with Gasteiger partial charge in [0.15, 0.2) is 0 Å². The van der Waals surface area contributed by atoms with Crippen LogP contribution in [0.15, 0.2) is 127 Å². The van der Waals surface area contributed by atoms with Gasteiger partial charge in [-0.05, 0) is 120 Å². The molecule has 4 aromatic carbocycles. The number of carbonyl (C=O) groups excluding carboxylic acids is 7. The van der Waals surface area contributed by atoms with Gasteiger partial charge in [0.05, 0.1) is 12.5 Å². The molecule has 5 aromatic rings. The molecule has 0 radical (unpaired) electrons. The Labute approximate surface area is 518 Å². The normalized spacial score (nSPS) is 21.0. The number of cyclic esters (lactones) is 1. The average Bonchev–Trinajstić information content (AvgIpc) is 1.87. The summed E-state index contributed by atoms with van der Waals surface area (Å²) in [5.74, 6) is -3.27. The maximum atomic E-state index is 15.3. The third kappa shape index (κ3) is 17.0. The summed E-state index contributed by atoms with van der Waals surface area (Å²) < 4.78 is 40.3. The highest BCUT2D eigenvalue weighted by Crippen LogP contribution is 2.44. The molecule has 21 nitrogen and oxygen atoms in total. The minimum atomic E-state index is -1.00. The van der Waals surface area contributed by atoms with Crippen LogP contribution in [0.1, 0.15) is 89.0 Å². The standard InChI is InChI=1S/C67H80FN9O12/c1-42(2)61(72-65(83)86-41-57-55-14-9-7-12-53(55)54-13-8-10-15-56(54)57)64(82)70-46(6)63(81)71-50-20-18-47(19-21-50)40-87-66(84)75-30-32-76(33-31-75)67(85)88-58-23-17-44(4)62(89-60(80)38-52(78)22-16-43(58)3)45(5)34-48-35-49(68)37-51(36-48)73-26-28-74(29-27-73)59(79)39-77-25-11-24-69-77/h7-15,17-21,23-25,34-37,42-44,46,52,57-58,61-62,78H,16,22,26-33,38-41H2,1-6H3,(H,70,82)(H,71,81)(H,72,83)/b23-17+,45-34+/t43-,44-,46?,52+,58-,61?,62-/m0/s1. The van der Waals surface area contributed by atoms with Crippen LogP contribution in [0.3, 0.4) is 0 Å². The number of hydrogen-bond acceptors (Lipinski definition) is 14. The highest BCUT2D eigenvalue weighted by molar-refractivity contribution is 5.98. The van der Waals surface area contributed by atoms with Gasteiger partial charge in [0, 0.05) is 88.0 Å². The van der Waals surface area contributed by atoms with Crippen molar-refractivity contribution in [2.75, 3.05) is 69.2 Å². The number of hydrogen-bond donors (Lipinski definition) is 4. The predicted molar refractivity (Wildman–Crippen MR) is 331 cm³/mol. The van der Waals surface area contributed by atoms with Gasteiger partial charge in [-0.3, -0.25) is 23.9 Å². The quantitative estimate of drug-likeness (QED) is 0.0411. The Morgan fingerprint density at radius 1 is 0.764 bits per heavy atom. The summed E-state index contributed by atoms with van der Waals surface area (Å²) in [5, 5.41) is 23.2. The van der Waals surface area contributed by atoms with Crippen molar-refractivity contribution < 1.29 is 62.0 Å². The number of halogens is 1. The van der Waals surface area contributed by atoms with Crippen molar-refractivity contribution in [3.05, 3.63) is 155 Å². The lowest BCUT2D eigenvalue weighted by molar-refractivity contribution is -0.151.